The van der Waals surface area contributed by atoms with Crippen molar-refractivity contribution in [3.05, 3.63) is 47.9 Å². The van der Waals surface area contributed by atoms with E-state index in [1.54, 1.807) is 18.1 Å². The number of aryl methyl sites for hydroxylation is 1. The fourth-order valence-electron chi connectivity index (χ4n) is 3.94. The maximum atomic E-state index is 13.0. The lowest BCUT2D eigenvalue weighted by Crippen LogP contribution is -2.38. The summed E-state index contributed by atoms with van der Waals surface area (Å²) in [6.45, 7) is 7.20. The molecule has 0 spiro atoms. The molecule has 6 nitrogen and oxygen atoms in total. The predicted octanol–water partition coefficient (Wildman–Crippen LogP) is 4.27. The van der Waals surface area contributed by atoms with E-state index in [0.717, 1.165) is 29.7 Å². The van der Waals surface area contributed by atoms with Crippen LogP contribution in [0.15, 0.2) is 41.7 Å². The summed E-state index contributed by atoms with van der Waals surface area (Å²) in [5.74, 6) is 1.46. The Morgan fingerprint density at radius 1 is 1.33 bits per heavy atom. The van der Waals surface area contributed by atoms with Gasteiger partial charge >= 0.3 is 0 Å². The van der Waals surface area contributed by atoms with Gasteiger partial charge in [-0.15, -0.1) is 11.8 Å². The molecule has 0 unspecified atom stereocenters. The van der Waals surface area contributed by atoms with Gasteiger partial charge in [0.05, 0.1) is 10.6 Å². The molecule has 3 heterocycles. The number of fused-ring (bicyclic) bond motifs is 2. The number of rotatable bonds is 7. The third-order valence-electron chi connectivity index (χ3n) is 5.80. The van der Waals surface area contributed by atoms with Crippen molar-refractivity contribution in [1.29, 1.82) is 0 Å². The number of nitrogens with zero attached hydrogens (tertiary/aromatic N) is 3. The molecule has 1 aliphatic rings. The minimum Gasteiger partial charge on any atom is -0.366 e. The molecule has 158 valence electrons. The van der Waals surface area contributed by atoms with Crippen molar-refractivity contribution in [2.24, 2.45) is 5.92 Å². The van der Waals surface area contributed by atoms with E-state index < -0.39 is 0 Å². The van der Waals surface area contributed by atoms with Gasteiger partial charge in [0.15, 0.2) is 0 Å². The second-order valence-electron chi connectivity index (χ2n) is 8.43. The van der Waals surface area contributed by atoms with Gasteiger partial charge in [-0.05, 0) is 43.4 Å². The van der Waals surface area contributed by atoms with Crippen LogP contribution in [0.4, 0.5) is 5.82 Å². The van der Waals surface area contributed by atoms with Crippen LogP contribution in [-0.4, -0.2) is 50.6 Å². The van der Waals surface area contributed by atoms with Crippen LogP contribution in [0.2, 0.25) is 0 Å². The molecule has 1 amide bonds. The van der Waals surface area contributed by atoms with Gasteiger partial charge in [0.2, 0.25) is 5.91 Å². The molecule has 0 aliphatic carbocycles. The maximum absolute atomic E-state index is 13.0. The van der Waals surface area contributed by atoms with Gasteiger partial charge in [-0.3, -0.25) is 4.79 Å². The largest absolute Gasteiger partial charge is 0.366 e. The number of H-pyrrole nitrogens is 1. The number of hydrogen-bond acceptors (Lipinski definition) is 5. The summed E-state index contributed by atoms with van der Waals surface area (Å²) in [6, 6.07) is 8.67. The normalized spacial score (nSPS) is 16.6. The number of aromatic amines is 1. The standard InChI is InChI=1S/C23H29N5OS/c1-14(2)18(27-22-17-7-9-24-21(17)25-13-26-22)8-10-28(4)23(29)20-12-16-11-15(3)5-6-19(16)30-20/h5-7,9,11,13-14,18,20H,8,10,12H2,1-4H3,(H2,24,25,26,27)/t18-,20+/m1/s1. The van der Waals surface area contributed by atoms with Crippen LogP contribution in [0.1, 0.15) is 31.4 Å². The average Bonchev–Trinajstić information content (AvgIpc) is 3.36. The third kappa shape index (κ3) is 4.31. The Balaban J connectivity index is 1.37. The zero-order valence-electron chi connectivity index (χ0n) is 18.0. The molecule has 0 bridgehead atoms. The van der Waals surface area contributed by atoms with Gasteiger partial charge in [0.1, 0.15) is 17.8 Å². The van der Waals surface area contributed by atoms with Crippen molar-refractivity contribution in [2.75, 3.05) is 18.9 Å². The number of thioether (sulfide) groups is 1. The van der Waals surface area contributed by atoms with Crippen LogP contribution in [0.5, 0.6) is 0 Å². The number of carbonyl (C=O) groups excluding carboxylic acids is 1. The number of carbonyl (C=O) groups is 1. The van der Waals surface area contributed by atoms with Crippen LogP contribution in [0.25, 0.3) is 11.0 Å². The van der Waals surface area contributed by atoms with E-state index in [1.807, 2.05) is 24.2 Å². The van der Waals surface area contributed by atoms with Crippen LogP contribution < -0.4 is 5.32 Å². The van der Waals surface area contributed by atoms with Crippen molar-refractivity contribution >= 4 is 34.5 Å². The molecule has 2 N–H and O–H groups in total. The topological polar surface area (TPSA) is 73.9 Å². The van der Waals surface area contributed by atoms with Gasteiger partial charge in [-0.25, -0.2) is 9.97 Å². The summed E-state index contributed by atoms with van der Waals surface area (Å²) in [5.41, 5.74) is 3.38. The molecular formula is C23H29N5OS. The highest BCUT2D eigenvalue weighted by molar-refractivity contribution is 8.01. The molecule has 7 heteroatoms. The lowest BCUT2D eigenvalue weighted by atomic mass is 10.0. The Morgan fingerprint density at radius 2 is 2.17 bits per heavy atom. The lowest BCUT2D eigenvalue weighted by Gasteiger charge is -2.27. The lowest BCUT2D eigenvalue weighted by molar-refractivity contribution is -0.129. The maximum Gasteiger partial charge on any atom is 0.236 e. The smallest absolute Gasteiger partial charge is 0.236 e. The summed E-state index contributed by atoms with van der Waals surface area (Å²) >= 11 is 1.70. The van der Waals surface area contributed by atoms with Crippen molar-refractivity contribution < 1.29 is 4.79 Å². The average molecular weight is 424 g/mol. The highest BCUT2D eigenvalue weighted by atomic mass is 32.2. The Labute approximate surface area is 181 Å². The molecule has 2 aromatic heterocycles. The Morgan fingerprint density at radius 3 is 2.97 bits per heavy atom. The highest BCUT2D eigenvalue weighted by Gasteiger charge is 2.30. The van der Waals surface area contributed by atoms with Gasteiger partial charge in [-0.2, -0.15) is 0 Å². The SMILES string of the molecule is Cc1ccc2c(c1)C[C@@H](C(=O)N(C)CC[C@@H](Nc1ncnc3[nH]ccc13)C(C)C)S2. The van der Waals surface area contributed by atoms with Crippen LogP contribution in [0, 0.1) is 12.8 Å². The Hall–Kier alpha value is -2.54. The van der Waals surface area contributed by atoms with Crippen molar-refractivity contribution in [1.82, 2.24) is 19.9 Å². The van der Waals surface area contributed by atoms with Crippen molar-refractivity contribution in [3.63, 3.8) is 0 Å². The number of aromatic nitrogens is 3. The van der Waals surface area contributed by atoms with E-state index in [9.17, 15) is 4.79 Å². The zero-order chi connectivity index (χ0) is 21.3. The second kappa shape index (κ2) is 8.68. The van der Waals surface area contributed by atoms with E-state index >= 15 is 0 Å². The van der Waals surface area contributed by atoms with E-state index in [-0.39, 0.29) is 17.2 Å². The zero-order valence-corrected chi connectivity index (χ0v) is 18.8. The van der Waals surface area contributed by atoms with Gasteiger partial charge in [0, 0.05) is 30.7 Å². The number of hydrogen-bond donors (Lipinski definition) is 2. The minimum atomic E-state index is -0.0152. The van der Waals surface area contributed by atoms with E-state index in [4.69, 9.17) is 0 Å². The second-order valence-corrected chi connectivity index (χ2v) is 9.67. The Kier molecular flexibility index (Phi) is 5.99. The molecule has 0 radical (unpaired) electrons. The summed E-state index contributed by atoms with van der Waals surface area (Å²) in [6.07, 6.45) is 5.13. The monoisotopic (exact) mass is 423 g/mol. The molecule has 1 aliphatic heterocycles. The van der Waals surface area contributed by atoms with Gasteiger partial charge in [0.25, 0.3) is 0 Å². The molecule has 3 aromatic rings. The molecule has 1 aromatic carbocycles. The first-order valence-electron chi connectivity index (χ1n) is 10.5. The summed E-state index contributed by atoms with van der Waals surface area (Å²) in [4.78, 5) is 28.0. The first kappa shape index (κ1) is 20.7. The van der Waals surface area contributed by atoms with Crippen LogP contribution in [-0.2, 0) is 11.2 Å². The molecule has 0 saturated carbocycles. The number of anilines is 1. The van der Waals surface area contributed by atoms with Crippen molar-refractivity contribution in [2.45, 2.75) is 49.8 Å². The predicted molar refractivity (Wildman–Crippen MR) is 123 cm³/mol. The van der Waals surface area contributed by atoms with E-state index in [2.05, 4.69) is 59.2 Å². The van der Waals surface area contributed by atoms with Crippen LogP contribution >= 0.6 is 11.8 Å². The van der Waals surface area contributed by atoms with Crippen molar-refractivity contribution in [3.8, 4) is 0 Å². The number of nitrogens with one attached hydrogen (secondary N) is 2. The fraction of sp³-hybridized carbons (Fsp3) is 0.435. The molecule has 2 atom stereocenters. The van der Waals surface area contributed by atoms with E-state index in [1.165, 1.54) is 16.0 Å². The summed E-state index contributed by atoms with van der Waals surface area (Å²) in [7, 11) is 1.92. The first-order chi connectivity index (χ1) is 14.4. The molecule has 0 saturated heterocycles. The number of amides is 1. The van der Waals surface area contributed by atoms with Crippen LogP contribution in [0.3, 0.4) is 0 Å². The summed E-state index contributed by atoms with van der Waals surface area (Å²) in [5, 5.41) is 4.55. The van der Waals surface area contributed by atoms with Gasteiger partial charge < -0.3 is 15.2 Å². The first-order valence-corrected chi connectivity index (χ1v) is 11.4. The summed E-state index contributed by atoms with van der Waals surface area (Å²) < 4.78 is 0. The molecule has 30 heavy (non-hydrogen) atoms. The number of benzene rings is 1. The molecule has 4 rings (SSSR count). The Bertz CT molecular complexity index is 1050. The highest BCUT2D eigenvalue weighted by Crippen LogP contribution is 2.38. The molecular weight excluding hydrogens is 394 g/mol. The van der Waals surface area contributed by atoms with Gasteiger partial charge in [-0.1, -0.05) is 31.5 Å². The third-order valence-corrected chi connectivity index (χ3v) is 7.10. The van der Waals surface area contributed by atoms with E-state index in [0.29, 0.717) is 12.5 Å². The quantitative estimate of drug-likeness (QED) is 0.594. The molecule has 0 fully saturated rings. The minimum absolute atomic E-state index is 0.0152. The fourth-order valence-corrected chi connectivity index (χ4v) is 5.23.